The van der Waals surface area contributed by atoms with Crippen LogP contribution in [0.2, 0.25) is 0 Å². The number of likely N-dealkylation sites (N-methyl/N-ethyl adjacent to an activating group) is 1. The lowest BCUT2D eigenvalue weighted by atomic mass is 10.1. The van der Waals surface area contributed by atoms with Crippen molar-refractivity contribution in [1.82, 2.24) is 14.9 Å². The smallest absolute Gasteiger partial charge is 0.231 e. The van der Waals surface area contributed by atoms with Gasteiger partial charge in [-0.25, -0.2) is 4.98 Å². The van der Waals surface area contributed by atoms with Gasteiger partial charge in [-0.1, -0.05) is 6.07 Å². The van der Waals surface area contributed by atoms with E-state index < -0.39 is 0 Å². The number of nitrogens with one attached hydrogen (secondary N) is 1. The van der Waals surface area contributed by atoms with Gasteiger partial charge in [0.1, 0.15) is 5.82 Å². The first-order valence-electron chi connectivity index (χ1n) is 10.4. The van der Waals surface area contributed by atoms with Crippen LogP contribution in [0.4, 0.5) is 23.1 Å². The molecule has 8 heteroatoms. The summed E-state index contributed by atoms with van der Waals surface area (Å²) >= 11 is 0. The summed E-state index contributed by atoms with van der Waals surface area (Å²) in [5.41, 5.74) is 10.7. The van der Waals surface area contributed by atoms with Crippen molar-refractivity contribution in [3.8, 4) is 22.8 Å². The molecule has 0 aliphatic carbocycles. The number of ether oxygens (including phenoxy) is 2. The maximum Gasteiger partial charge on any atom is 0.231 e. The molecule has 8 nitrogen and oxygen atoms in total. The van der Waals surface area contributed by atoms with Crippen molar-refractivity contribution in [2.75, 3.05) is 56.0 Å². The Kier molecular flexibility index (Phi) is 4.99. The average Bonchev–Trinajstić information content (AvgIpc) is 3.26. The molecule has 2 aliphatic rings. The molecule has 160 valence electrons. The predicted octanol–water partition coefficient (Wildman–Crippen LogP) is 3.26. The molecule has 2 aliphatic heterocycles. The molecule has 31 heavy (non-hydrogen) atoms. The highest BCUT2D eigenvalue weighted by molar-refractivity contribution is 5.77. The Balaban J connectivity index is 1.40. The summed E-state index contributed by atoms with van der Waals surface area (Å²) in [7, 11) is 2.16. The van der Waals surface area contributed by atoms with E-state index in [1.807, 2.05) is 37.3 Å². The summed E-state index contributed by atoms with van der Waals surface area (Å²) < 4.78 is 11.2. The first-order chi connectivity index (χ1) is 15.1. The fraction of sp³-hybridized carbons (Fsp3) is 0.304. The third kappa shape index (κ3) is 3.82. The van der Waals surface area contributed by atoms with Crippen LogP contribution in [0.3, 0.4) is 0 Å². The zero-order valence-electron chi connectivity index (χ0n) is 17.8. The van der Waals surface area contributed by atoms with Crippen molar-refractivity contribution in [2.24, 2.45) is 0 Å². The predicted molar refractivity (Wildman–Crippen MR) is 122 cm³/mol. The first-order valence-corrected chi connectivity index (χ1v) is 10.4. The molecule has 0 unspecified atom stereocenters. The normalized spacial score (nSPS) is 15.9. The van der Waals surface area contributed by atoms with Crippen molar-refractivity contribution in [2.45, 2.75) is 6.92 Å². The van der Waals surface area contributed by atoms with Crippen LogP contribution in [-0.2, 0) is 0 Å². The molecule has 0 radical (unpaired) electrons. The number of nitrogens with zero attached hydrogens (tertiary/aromatic N) is 4. The average molecular weight is 419 g/mol. The molecule has 3 heterocycles. The zero-order valence-corrected chi connectivity index (χ0v) is 17.8. The number of para-hydroxylation sites is 1. The van der Waals surface area contributed by atoms with Gasteiger partial charge in [0.2, 0.25) is 12.7 Å². The van der Waals surface area contributed by atoms with Gasteiger partial charge in [0.25, 0.3) is 0 Å². The molecule has 0 bridgehead atoms. The Labute approximate surface area is 181 Å². The molecule has 3 aromatic rings. The second-order valence-electron chi connectivity index (χ2n) is 7.91. The van der Waals surface area contributed by atoms with Gasteiger partial charge in [0.05, 0.1) is 5.69 Å². The molecule has 0 saturated carbocycles. The molecule has 1 saturated heterocycles. The van der Waals surface area contributed by atoms with E-state index in [0.29, 0.717) is 23.3 Å². The number of aromatic nitrogens is 2. The van der Waals surface area contributed by atoms with Crippen molar-refractivity contribution in [3.63, 3.8) is 0 Å². The van der Waals surface area contributed by atoms with E-state index in [9.17, 15) is 0 Å². The Bertz CT molecular complexity index is 1090. The van der Waals surface area contributed by atoms with E-state index in [0.717, 1.165) is 48.7 Å². The third-order valence-electron chi connectivity index (χ3n) is 5.83. The van der Waals surface area contributed by atoms with Crippen molar-refractivity contribution >= 4 is 23.1 Å². The van der Waals surface area contributed by atoms with E-state index in [1.165, 1.54) is 5.69 Å². The van der Waals surface area contributed by atoms with Crippen molar-refractivity contribution in [3.05, 3.63) is 48.0 Å². The fourth-order valence-corrected chi connectivity index (χ4v) is 3.92. The summed E-state index contributed by atoms with van der Waals surface area (Å²) in [4.78, 5) is 13.9. The van der Waals surface area contributed by atoms with E-state index >= 15 is 0 Å². The number of nitrogens with two attached hydrogens (primary N) is 1. The lowest BCUT2D eigenvalue weighted by molar-refractivity contribution is 0.174. The van der Waals surface area contributed by atoms with Crippen LogP contribution in [-0.4, -0.2) is 54.9 Å². The standard InChI is InChI=1S/C23H26N6O2/c1-15-20(18-4-3-5-19-21(18)31-14-30-19)26-23(27-22(15)24)25-16-6-8-17(9-7-16)29-12-10-28(2)11-13-29/h3-9H,10-14H2,1-2H3,(H3,24,25,26,27). The maximum atomic E-state index is 6.22. The first kappa shape index (κ1) is 19.4. The molecule has 5 rings (SSSR count). The monoisotopic (exact) mass is 418 g/mol. The number of benzene rings is 2. The third-order valence-corrected chi connectivity index (χ3v) is 5.83. The number of hydrogen-bond acceptors (Lipinski definition) is 8. The molecule has 3 N–H and O–H groups in total. The fourth-order valence-electron chi connectivity index (χ4n) is 3.92. The Morgan fingerprint density at radius 1 is 0.968 bits per heavy atom. The Hall–Kier alpha value is -3.52. The molecule has 1 fully saturated rings. The Morgan fingerprint density at radius 3 is 2.52 bits per heavy atom. The molecule has 2 aromatic carbocycles. The van der Waals surface area contributed by atoms with Crippen LogP contribution in [0.15, 0.2) is 42.5 Å². The second-order valence-corrected chi connectivity index (χ2v) is 7.91. The lowest BCUT2D eigenvalue weighted by Gasteiger charge is -2.34. The largest absolute Gasteiger partial charge is 0.454 e. The number of fused-ring (bicyclic) bond motifs is 1. The number of anilines is 4. The number of rotatable bonds is 4. The molecule has 0 atom stereocenters. The van der Waals surface area contributed by atoms with Crippen LogP contribution < -0.4 is 25.4 Å². The summed E-state index contributed by atoms with van der Waals surface area (Å²) in [6.45, 7) is 6.36. The van der Waals surface area contributed by atoms with Gasteiger partial charge in [-0.15, -0.1) is 0 Å². The highest BCUT2D eigenvalue weighted by Crippen LogP contribution is 2.42. The molecule has 0 spiro atoms. The zero-order chi connectivity index (χ0) is 21.4. The summed E-state index contributed by atoms with van der Waals surface area (Å²) in [5, 5.41) is 3.29. The minimum absolute atomic E-state index is 0.205. The van der Waals surface area contributed by atoms with Crippen molar-refractivity contribution < 1.29 is 9.47 Å². The minimum Gasteiger partial charge on any atom is -0.454 e. The van der Waals surface area contributed by atoms with Crippen LogP contribution in [0, 0.1) is 6.92 Å². The topological polar surface area (TPSA) is 88.8 Å². The molecular weight excluding hydrogens is 392 g/mol. The van der Waals surface area contributed by atoms with E-state index in [2.05, 4.69) is 39.3 Å². The Morgan fingerprint density at radius 2 is 1.74 bits per heavy atom. The van der Waals surface area contributed by atoms with Crippen LogP contribution in [0.1, 0.15) is 5.56 Å². The quantitative estimate of drug-likeness (QED) is 0.668. The number of hydrogen-bond donors (Lipinski definition) is 2. The minimum atomic E-state index is 0.205. The summed E-state index contributed by atoms with van der Waals surface area (Å²) in [6, 6.07) is 14.1. The van der Waals surface area contributed by atoms with Crippen LogP contribution in [0.5, 0.6) is 11.5 Å². The van der Waals surface area contributed by atoms with Gasteiger partial charge in [-0.2, -0.15) is 4.98 Å². The molecule has 0 amide bonds. The second kappa shape index (κ2) is 7.96. The van der Waals surface area contributed by atoms with Gasteiger partial charge in [0, 0.05) is 48.7 Å². The van der Waals surface area contributed by atoms with Gasteiger partial charge in [0.15, 0.2) is 11.5 Å². The van der Waals surface area contributed by atoms with Crippen molar-refractivity contribution in [1.29, 1.82) is 0 Å². The van der Waals surface area contributed by atoms with Crippen LogP contribution >= 0.6 is 0 Å². The molecule has 1 aromatic heterocycles. The van der Waals surface area contributed by atoms with E-state index in [1.54, 1.807) is 0 Å². The van der Waals surface area contributed by atoms with Gasteiger partial charge in [-0.05, 0) is 50.4 Å². The van der Waals surface area contributed by atoms with E-state index in [-0.39, 0.29) is 6.79 Å². The van der Waals surface area contributed by atoms with Gasteiger partial charge in [-0.3, -0.25) is 0 Å². The highest BCUT2D eigenvalue weighted by Gasteiger charge is 2.22. The summed E-state index contributed by atoms with van der Waals surface area (Å²) in [6.07, 6.45) is 0. The maximum absolute atomic E-state index is 6.22. The number of nitrogen functional groups attached to an aromatic ring is 1. The number of piperazine rings is 1. The highest BCUT2D eigenvalue weighted by atomic mass is 16.7. The summed E-state index contributed by atoms with van der Waals surface area (Å²) in [5.74, 6) is 2.27. The van der Waals surface area contributed by atoms with E-state index in [4.69, 9.17) is 20.2 Å². The SMILES string of the molecule is Cc1c(N)nc(Nc2ccc(N3CCN(C)CC3)cc2)nc1-c1cccc2c1OCO2. The lowest BCUT2D eigenvalue weighted by Crippen LogP contribution is -2.44. The van der Waals surface area contributed by atoms with Crippen LogP contribution in [0.25, 0.3) is 11.3 Å². The van der Waals surface area contributed by atoms with Gasteiger partial charge < -0.3 is 30.3 Å². The van der Waals surface area contributed by atoms with Gasteiger partial charge >= 0.3 is 0 Å². The molecular formula is C23H26N6O2.